The number of aromatic amines is 1. The van der Waals surface area contributed by atoms with Crippen LogP contribution in [-0.4, -0.2) is 42.6 Å². The van der Waals surface area contributed by atoms with Crippen molar-refractivity contribution >= 4 is 11.5 Å². The lowest BCUT2D eigenvalue weighted by atomic mass is 9.97. The first-order valence-corrected chi connectivity index (χ1v) is 7.54. The van der Waals surface area contributed by atoms with Crippen molar-refractivity contribution in [2.75, 3.05) is 18.0 Å². The van der Waals surface area contributed by atoms with Crippen LogP contribution in [0.15, 0.2) is 24.9 Å². The van der Waals surface area contributed by atoms with Crippen molar-refractivity contribution in [3.05, 3.63) is 36.4 Å². The van der Waals surface area contributed by atoms with Gasteiger partial charge in [0.15, 0.2) is 5.82 Å². The molecule has 0 saturated carbocycles. The maximum Gasteiger partial charge on any atom is 0.432 e. The van der Waals surface area contributed by atoms with Crippen LogP contribution in [0.5, 0.6) is 0 Å². The molecule has 1 atom stereocenters. The van der Waals surface area contributed by atoms with E-state index in [9.17, 15) is 13.2 Å². The third-order valence-electron chi connectivity index (χ3n) is 4.21. The van der Waals surface area contributed by atoms with E-state index in [2.05, 4.69) is 25.1 Å². The van der Waals surface area contributed by atoms with E-state index in [1.807, 2.05) is 4.90 Å². The van der Waals surface area contributed by atoms with Gasteiger partial charge in [-0.15, -0.1) is 10.2 Å². The second-order valence-electron chi connectivity index (χ2n) is 5.78. The first-order valence-electron chi connectivity index (χ1n) is 7.54. The largest absolute Gasteiger partial charge is 0.432 e. The van der Waals surface area contributed by atoms with E-state index in [-0.39, 0.29) is 5.92 Å². The van der Waals surface area contributed by atoms with Crippen LogP contribution in [-0.2, 0) is 6.18 Å². The Bertz CT molecular complexity index is 853. The van der Waals surface area contributed by atoms with E-state index >= 15 is 0 Å². The maximum absolute atomic E-state index is 12.7. The molecule has 0 unspecified atom stereocenters. The molecule has 126 valence electrons. The molecule has 1 saturated heterocycles. The molecule has 4 rings (SSSR count). The van der Waals surface area contributed by atoms with E-state index in [1.165, 1.54) is 0 Å². The molecular weight excluding hydrogens is 323 g/mol. The Hall–Kier alpha value is -2.65. The molecular formula is C14H14F3N7. The Balaban J connectivity index is 1.60. The molecule has 7 nitrogen and oxygen atoms in total. The Morgan fingerprint density at radius 1 is 1.25 bits per heavy atom. The molecule has 0 aromatic carbocycles. The minimum Gasteiger partial charge on any atom is -0.353 e. The number of fused-ring (bicyclic) bond motifs is 1. The van der Waals surface area contributed by atoms with Crippen molar-refractivity contribution < 1.29 is 13.2 Å². The lowest BCUT2D eigenvalue weighted by Gasteiger charge is -2.32. The highest BCUT2D eigenvalue weighted by Crippen LogP contribution is 2.32. The summed E-state index contributed by atoms with van der Waals surface area (Å²) in [5.74, 6) is 0.933. The van der Waals surface area contributed by atoms with Gasteiger partial charge in [-0.25, -0.2) is 9.97 Å². The number of nitrogens with zero attached hydrogens (tertiary/aromatic N) is 6. The molecule has 3 aromatic rings. The normalized spacial score (nSPS) is 19.1. The zero-order valence-corrected chi connectivity index (χ0v) is 12.5. The summed E-state index contributed by atoms with van der Waals surface area (Å²) in [5, 5.41) is 7.93. The van der Waals surface area contributed by atoms with Gasteiger partial charge in [-0.2, -0.15) is 13.2 Å². The molecule has 0 amide bonds. The lowest BCUT2D eigenvalue weighted by molar-refractivity contribution is -0.141. The first kappa shape index (κ1) is 14.9. The van der Waals surface area contributed by atoms with Gasteiger partial charge in [0.2, 0.25) is 5.65 Å². The van der Waals surface area contributed by atoms with Gasteiger partial charge < -0.3 is 9.88 Å². The van der Waals surface area contributed by atoms with E-state index in [0.717, 1.165) is 25.6 Å². The number of rotatable bonds is 2. The zero-order valence-electron chi connectivity index (χ0n) is 12.5. The van der Waals surface area contributed by atoms with Crippen molar-refractivity contribution in [3.63, 3.8) is 0 Å². The van der Waals surface area contributed by atoms with Crippen molar-refractivity contribution in [1.82, 2.24) is 29.5 Å². The van der Waals surface area contributed by atoms with E-state index in [0.29, 0.717) is 23.8 Å². The van der Waals surface area contributed by atoms with Gasteiger partial charge in [0, 0.05) is 31.4 Å². The quantitative estimate of drug-likeness (QED) is 0.776. The van der Waals surface area contributed by atoms with E-state index in [1.54, 1.807) is 23.1 Å². The monoisotopic (exact) mass is 337 g/mol. The number of nitrogens with one attached hydrogen (secondary N) is 1. The summed E-state index contributed by atoms with van der Waals surface area (Å²) >= 11 is 0. The van der Waals surface area contributed by atoms with Crippen LogP contribution in [0.4, 0.5) is 19.0 Å². The number of hydrogen-bond donors (Lipinski definition) is 1. The number of alkyl halides is 3. The average Bonchev–Trinajstić information content (AvgIpc) is 3.23. The molecule has 0 radical (unpaired) electrons. The molecule has 1 aliphatic heterocycles. The fourth-order valence-corrected chi connectivity index (χ4v) is 3.05. The summed E-state index contributed by atoms with van der Waals surface area (Å²) in [6.45, 7) is 1.30. The first-order chi connectivity index (χ1) is 11.5. The second kappa shape index (κ2) is 5.46. The van der Waals surface area contributed by atoms with E-state index < -0.39 is 11.9 Å². The highest BCUT2D eigenvalue weighted by molar-refractivity contribution is 5.63. The standard InChI is InChI=1S/C14H14F3N7/c15-14(16,17)10-6-19-11(21-10)9-2-1-4-23(7-9)12-13-22-20-8-24(13)5-3-18-12/h3,5-6,8-9H,1-2,4,7H2,(H,19,21)/t9-/m1/s1. The van der Waals surface area contributed by atoms with Gasteiger partial charge in [0.25, 0.3) is 0 Å². The predicted octanol–water partition coefficient (Wildman–Crippen LogP) is 2.25. The molecule has 0 aliphatic carbocycles. The van der Waals surface area contributed by atoms with Gasteiger partial charge in [-0.05, 0) is 12.8 Å². The summed E-state index contributed by atoms with van der Waals surface area (Å²) in [6, 6.07) is 0. The van der Waals surface area contributed by atoms with Gasteiger partial charge in [0.05, 0.1) is 6.20 Å². The molecule has 1 fully saturated rings. The molecule has 10 heteroatoms. The number of H-pyrrole nitrogens is 1. The number of hydrogen-bond acceptors (Lipinski definition) is 5. The van der Waals surface area contributed by atoms with Crippen LogP contribution in [0.25, 0.3) is 5.65 Å². The average molecular weight is 337 g/mol. The molecule has 24 heavy (non-hydrogen) atoms. The molecule has 1 N–H and O–H groups in total. The summed E-state index contributed by atoms with van der Waals surface area (Å²) in [4.78, 5) is 12.7. The van der Waals surface area contributed by atoms with Crippen LogP contribution in [0.1, 0.15) is 30.3 Å². The molecule has 4 heterocycles. The smallest absolute Gasteiger partial charge is 0.353 e. The summed E-state index contributed by atoms with van der Waals surface area (Å²) in [5.41, 5.74) is -0.180. The van der Waals surface area contributed by atoms with Crippen LogP contribution >= 0.6 is 0 Å². The Morgan fingerprint density at radius 2 is 2.12 bits per heavy atom. The summed E-state index contributed by atoms with van der Waals surface area (Å²) < 4.78 is 40.0. The minimum absolute atomic E-state index is 0.111. The Labute approximate surface area is 134 Å². The third kappa shape index (κ3) is 2.57. The Morgan fingerprint density at radius 3 is 2.92 bits per heavy atom. The molecule has 1 aliphatic rings. The minimum atomic E-state index is -4.41. The highest BCUT2D eigenvalue weighted by Gasteiger charge is 2.34. The summed E-state index contributed by atoms with van der Waals surface area (Å²) in [6.07, 6.45) is 3.05. The number of aromatic nitrogens is 6. The van der Waals surface area contributed by atoms with Crippen molar-refractivity contribution in [3.8, 4) is 0 Å². The lowest BCUT2D eigenvalue weighted by Crippen LogP contribution is -2.35. The van der Waals surface area contributed by atoms with Crippen LogP contribution in [0.3, 0.4) is 0 Å². The fourth-order valence-electron chi connectivity index (χ4n) is 3.05. The second-order valence-corrected chi connectivity index (χ2v) is 5.78. The third-order valence-corrected chi connectivity index (χ3v) is 4.21. The van der Waals surface area contributed by atoms with Gasteiger partial charge in [-0.3, -0.25) is 4.40 Å². The van der Waals surface area contributed by atoms with Crippen molar-refractivity contribution in [2.45, 2.75) is 24.9 Å². The van der Waals surface area contributed by atoms with Crippen LogP contribution in [0.2, 0.25) is 0 Å². The number of piperidine rings is 1. The van der Waals surface area contributed by atoms with Crippen LogP contribution < -0.4 is 4.90 Å². The van der Waals surface area contributed by atoms with E-state index in [4.69, 9.17) is 0 Å². The molecule has 3 aromatic heterocycles. The number of anilines is 1. The Kier molecular flexibility index (Phi) is 3.39. The molecule has 0 spiro atoms. The summed E-state index contributed by atoms with van der Waals surface area (Å²) in [7, 11) is 0. The van der Waals surface area contributed by atoms with Crippen molar-refractivity contribution in [1.29, 1.82) is 0 Å². The van der Waals surface area contributed by atoms with Gasteiger partial charge in [-0.1, -0.05) is 0 Å². The fraction of sp³-hybridized carbons (Fsp3) is 0.429. The topological polar surface area (TPSA) is 75.0 Å². The van der Waals surface area contributed by atoms with Crippen molar-refractivity contribution in [2.24, 2.45) is 0 Å². The zero-order chi connectivity index (χ0) is 16.7. The van der Waals surface area contributed by atoms with Gasteiger partial charge >= 0.3 is 6.18 Å². The number of halogens is 3. The number of imidazole rings is 1. The highest BCUT2D eigenvalue weighted by atomic mass is 19.4. The van der Waals surface area contributed by atoms with Gasteiger partial charge in [0.1, 0.15) is 17.8 Å². The SMILES string of the molecule is FC(F)(F)c1cnc([C@@H]2CCCN(c3nccn4cnnc34)C2)[nH]1. The molecule has 0 bridgehead atoms. The predicted molar refractivity (Wildman–Crippen MR) is 78.6 cm³/mol. The van der Waals surface area contributed by atoms with Crippen LogP contribution in [0, 0.1) is 0 Å². The maximum atomic E-state index is 12.7.